The van der Waals surface area contributed by atoms with Gasteiger partial charge in [0.1, 0.15) is 11.6 Å². The van der Waals surface area contributed by atoms with Crippen molar-refractivity contribution >= 4 is 23.4 Å². The first-order valence-electron chi connectivity index (χ1n) is 7.93. The van der Waals surface area contributed by atoms with Crippen LogP contribution in [0.25, 0.3) is 0 Å². The Labute approximate surface area is 144 Å². The van der Waals surface area contributed by atoms with Crippen LogP contribution in [0.2, 0.25) is 0 Å². The van der Waals surface area contributed by atoms with Gasteiger partial charge in [-0.05, 0) is 37.1 Å². The van der Waals surface area contributed by atoms with Crippen molar-refractivity contribution < 1.29 is 19.8 Å². The zero-order chi connectivity index (χ0) is 17.8. The van der Waals surface area contributed by atoms with Crippen LogP contribution in [0.4, 0.5) is 11.5 Å². The Bertz CT molecular complexity index is 753. The molecule has 0 unspecified atom stereocenters. The first-order valence-corrected chi connectivity index (χ1v) is 7.93. The van der Waals surface area contributed by atoms with Gasteiger partial charge < -0.3 is 20.4 Å². The molecule has 2 heterocycles. The summed E-state index contributed by atoms with van der Waals surface area (Å²) in [5, 5.41) is 21.0. The number of rotatable bonds is 4. The molecular formula is C17H18N4O4. The Balaban J connectivity index is 1.55. The smallest absolute Gasteiger partial charge is 0.356 e. The number of piperidine rings is 1. The number of nitrogens with one attached hydrogen (secondary N) is 1. The molecule has 1 aliphatic rings. The minimum Gasteiger partial charge on any atom is -0.508 e. The van der Waals surface area contributed by atoms with Crippen molar-refractivity contribution in [2.45, 2.75) is 12.8 Å². The number of carbonyl (C=O) groups is 2. The standard InChI is InChI=1S/C17H18N4O4/c22-13-3-1-12(2-4-13)20-16(23)11-5-7-21(8-6-11)15-10-18-14(9-19-15)17(24)25/h1-4,9-11,22H,5-8H2,(H,20,23)(H,24,25). The molecule has 1 saturated heterocycles. The predicted molar refractivity (Wildman–Crippen MR) is 90.7 cm³/mol. The number of carboxylic acids is 1. The Hall–Kier alpha value is -3.16. The van der Waals surface area contributed by atoms with Crippen molar-refractivity contribution in [3.8, 4) is 5.75 Å². The number of nitrogens with zero attached hydrogens (tertiary/aromatic N) is 3. The van der Waals surface area contributed by atoms with E-state index in [1.165, 1.54) is 24.5 Å². The van der Waals surface area contributed by atoms with Crippen LogP contribution in [0.1, 0.15) is 23.3 Å². The molecule has 1 amide bonds. The largest absolute Gasteiger partial charge is 0.508 e. The lowest BCUT2D eigenvalue weighted by molar-refractivity contribution is -0.120. The minimum absolute atomic E-state index is 0.0438. The van der Waals surface area contributed by atoms with Crippen LogP contribution in [0.15, 0.2) is 36.7 Å². The highest BCUT2D eigenvalue weighted by Gasteiger charge is 2.26. The molecule has 0 bridgehead atoms. The number of carbonyl (C=O) groups excluding carboxylic acids is 1. The summed E-state index contributed by atoms with van der Waals surface area (Å²) in [5.74, 6) is -0.485. The van der Waals surface area contributed by atoms with Crippen LogP contribution < -0.4 is 10.2 Å². The van der Waals surface area contributed by atoms with Gasteiger partial charge in [-0.1, -0.05) is 0 Å². The fraction of sp³-hybridized carbons (Fsp3) is 0.294. The van der Waals surface area contributed by atoms with Crippen molar-refractivity contribution in [2.75, 3.05) is 23.3 Å². The number of aromatic hydroxyl groups is 1. The molecule has 0 spiro atoms. The lowest BCUT2D eigenvalue weighted by Crippen LogP contribution is -2.38. The van der Waals surface area contributed by atoms with E-state index in [9.17, 15) is 14.7 Å². The molecule has 130 valence electrons. The molecule has 8 nitrogen and oxygen atoms in total. The highest BCUT2D eigenvalue weighted by molar-refractivity contribution is 5.92. The van der Waals surface area contributed by atoms with Crippen LogP contribution in [-0.4, -0.2) is 45.1 Å². The Morgan fingerprint density at radius 2 is 1.76 bits per heavy atom. The van der Waals surface area contributed by atoms with E-state index in [1.807, 2.05) is 4.90 Å². The van der Waals surface area contributed by atoms with Gasteiger partial charge in [-0.15, -0.1) is 0 Å². The fourth-order valence-corrected chi connectivity index (χ4v) is 2.75. The molecule has 2 aromatic rings. The van der Waals surface area contributed by atoms with Gasteiger partial charge in [-0.3, -0.25) is 4.79 Å². The normalized spacial score (nSPS) is 15.0. The first kappa shape index (κ1) is 16.7. The van der Waals surface area contributed by atoms with Crippen LogP contribution in [0.5, 0.6) is 5.75 Å². The number of benzene rings is 1. The number of aromatic carboxylic acids is 1. The van der Waals surface area contributed by atoms with Gasteiger partial charge in [0.2, 0.25) is 5.91 Å². The average molecular weight is 342 g/mol. The van der Waals surface area contributed by atoms with E-state index in [-0.39, 0.29) is 23.3 Å². The minimum atomic E-state index is -1.11. The molecule has 3 N–H and O–H groups in total. The van der Waals surface area contributed by atoms with Crippen molar-refractivity contribution in [1.29, 1.82) is 0 Å². The van der Waals surface area contributed by atoms with Gasteiger partial charge in [0.15, 0.2) is 5.69 Å². The molecule has 1 fully saturated rings. The third kappa shape index (κ3) is 4.03. The van der Waals surface area contributed by atoms with E-state index in [4.69, 9.17) is 5.11 Å². The van der Waals surface area contributed by atoms with Crippen molar-refractivity contribution in [1.82, 2.24) is 9.97 Å². The monoisotopic (exact) mass is 342 g/mol. The summed E-state index contributed by atoms with van der Waals surface area (Å²) in [6.07, 6.45) is 4.03. The fourth-order valence-electron chi connectivity index (χ4n) is 2.75. The maximum atomic E-state index is 12.3. The molecular weight excluding hydrogens is 324 g/mol. The summed E-state index contributed by atoms with van der Waals surface area (Å²) in [5.41, 5.74) is 0.562. The highest BCUT2D eigenvalue weighted by atomic mass is 16.4. The van der Waals surface area contributed by atoms with Crippen LogP contribution in [0, 0.1) is 5.92 Å². The van der Waals surface area contributed by atoms with Crippen LogP contribution in [-0.2, 0) is 4.79 Å². The summed E-state index contributed by atoms with van der Waals surface area (Å²) < 4.78 is 0. The zero-order valence-corrected chi connectivity index (χ0v) is 13.4. The number of aromatic nitrogens is 2. The lowest BCUT2D eigenvalue weighted by atomic mass is 9.96. The zero-order valence-electron chi connectivity index (χ0n) is 13.4. The summed E-state index contributed by atoms with van der Waals surface area (Å²) in [7, 11) is 0. The average Bonchev–Trinajstić information content (AvgIpc) is 2.64. The third-order valence-corrected chi connectivity index (χ3v) is 4.18. The maximum absolute atomic E-state index is 12.3. The molecule has 8 heteroatoms. The van der Waals surface area contributed by atoms with Crippen molar-refractivity contribution in [2.24, 2.45) is 5.92 Å². The number of hydrogen-bond acceptors (Lipinski definition) is 6. The second-order valence-electron chi connectivity index (χ2n) is 5.86. The van der Waals surface area contributed by atoms with Crippen molar-refractivity contribution in [3.63, 3.8) is 0 Å². The Morgan fingerprint density at radius 3 is 2.32 bits per heavy atom. The first-order chi connectivity index (χ1) is 12.0. The van der Waals surface area contributed by atoms with Gasteiger partial charge in [-0.2, -0.15) is 0 Å². The Kier molecular flexibility index (Phi) is 4.78. The van der Waals surface area contributed by atoms with Crippen LogP contribution >= 0.6 is 0 Å². The highest BCUT2D eigenvalue weighted by Crippen LogP contribution is 2.23. The Morgan fingerprint density at radius 1 is 1.08 bits per heavy atom. The second-order valence-corrected chi connectivity index (χ2v) is 5.86. The summed E-state index contributed by atoms with van der Waals surface area (Å²) >= 11 is 0. The summed E-state index contributed by atoms with van der Waals surface area (Å²) in [4.78, 5) is 33.1. The van der Waals surface area contributed by atoms with Gasteiger partial charge in [-0.25, -0.2) is 14.8 Å². The van der Waals surface area contributed by atoms with E-state index in [0.29, 0.717) is 37.4 Å². The SMILES string of the molecule is O=C(O)c1cnc(N2CCC(C(=O)Nc3ccc(O)cc3)CC2)cn1. The number of hydrogen-bond donors (Lipinski definition) is 3. The van der Waals surface area contributed by atoms with E-state index in [2.05, 4.69) is 15.3 Å². The van der Waals surface area contributed by atoms with Gasteiger partial charge in [0, 0.05) is 24.7 Å². The topological polar surface area (TPSA) is 116 Å². The molecule has 0 atom stereocenters. The predicted octanol–water partition coefficient (Wildman–Crippen LogP) is 1.74. The number of amides is 1. The number of anilines is 2. The second kappa shape index (κ2) is 7.16. The van der Waals surface area contributed by atoms with Gasteiger partial charge >= 0.3 is 5.97 Å². The molecule has 25 heavy (non-hydrogen) atoms. The molecule has 0 radical (unpaired) electrons. The molecule has 0 aliphatic carbocycles. The van der Waals surface area contributed by atoms with E-state index < -0.39 is 5.97 Å². The van der Waals surface area contributed by atoms with Crippen molar-refractivity contribution in [3.05, 3.63) is 42.4 Å². The van der Waals surface area contributed by atoms with Crippen LogP contribution in [0.3, 0.4) is 0 Å². The molecule has 1 aromatic heterocycles. The maximum Gasteiger partial charge on any atom is 0.356 e. The third-order valence-electron chi connectivity index (χ3n) is 4.18. The number of carboxylic acid groups (broad SMARTS) is 1. The van der Waals surface area contributed by atoms with Gasteiger partial charge in [0.05, 0.1) is 12.4 Å². The van der Waals surface area contributed by atoms with E-state index in [1.54, 1.807) is 12.1 Å². The summed E-state index contributed by atoms with van der Waals surface area (Å²) in [6.45, 7) is 1.30. The van der Waals surface area contributed by atoms with E-state index >= 15 is 0 Å². The summed E-state index contributed by atoms with van der Waals surface area (Å²) in [6, 6.07) is 6.36. The van der Waals surface area contributed by atoms with Gasteiger partial charge in [0.25, 0.3) is 0 Å². The lowest BCUT2D eigenvalue weighted by Gasteiger charge is -2.31. The molecule has 1 aromatic carbocycles. The quantitative estimate of drug-likeness (QED) is 0.725. The number of phenolic OH excluding ortho intramolecular Hbond substituents is 1. The molecule has 3 rings (SSSR count). The number of phenols is 1. The van der Waals surface area contributed by atoms with E-state index in [0.717, 1.165) is 0 Å². The molecule has 1 aliphatic heterocycles. The molecule has 0 saturated carbocycles.